The highest BCUT2D eigenvalue weighted by atomic mass is 35.5. The third-order valence-electron chi connectivity index (χ3n) is 4.83. The van der Waals surface area contributed by atoms with Crippen LogP contribution in [0, 0.1) is 5.92 Å². The van der Waals surface area contributed by atoms with Crippen LogP contribution in [-0.4, -0.2) is 32.4 Å². The Balaban J connectivity index is 1.71. The first-order valence-electron chi connectivity index (χ1n) is 10.1. The minimum absolute atomic E-state index is 0.108. The van der Waals surface area contributed by atoms with Crippen molar-refractivity contribution in [2.24, 2.45) is 11.7 Å². The van der Waals surface area contributed by atoms with Crippen LogP contribution in [0.3, 0.4) is 0 Å². The van der Waals surface area contributed by atoms with Gasteiger partial charge in [-0.1, -0.05) is 67.5 Å². The third-order valence-corrected chi connectivity index (χ3v) is 6.46. The van der Waals surface area contributed by atoms with E-state index in [4.69, 9.17) is 26.7 Å². The van der Waals surface area contributed by atoms with E-state index in [1.54, 1.807) is 12.1 Å². The van der Waals surface area contributed by atoms with Gasteiger partial charge in [0, 0.05) is 16.0 Å². The summed E-state index contributed by atoms with van der Waals surface area (Å²) in [5.74, 6) is -0.325. The lowest BCUT2D eigenvalue weighted by Crippen LogP contribution is -2.42. The molecule has 3 amide bonds. The summed E-state index contributed by atoms with van der Waals surface area (Å²) in [6.45, 7) is 3.70. The van der Waals surface area contributed by atoms with Crippen LogP contribution in [0.4, 0.5) is 4.79 Å². The van der Waals surface area contributed by atoms with E-state index in [0.29, 0.717) is 16.5 Å². The van der Waals surface area contributed by atoms with Crippen LogP contribution in [-0.2, 0) is 4.79 Å². The minimum atomic E-state index is -0.907. The maximum Gasteiger partial charge on any atom is 0.318 e. The lowest BCUT2D eigenvalue weighted by molar-refractivity contribution is -0.120. The van der Waals surface area contributed by atoms with Crippen molar-refractivity contribution in [1.82, 2.24) is 20.5 Å². The number of carbonyl (C=O) groups excluding carboxylic acids is 2. The number of amides is 3. The molecule has 0 aliphatic heterocycles. The number of fused-ring (bicyclic) bond motifs is 1. The number of thioether (sulfide) groups is 1. The molecule has 0 fully saturated rings. The number of imide groups is 1. The SMILES string of the molecule is CC(C)C(Sc1nnc(-c2cc(-c3ccc(Cl)cc3)nc3ccccc23)o1)C(=O)NC(N)=O. The number of para-hydroxylation sites is 1. The average Bonchev–Trinajstić information content (AvgIpc) is 3.25. The van der Waals surface area contributed by atoms with Gasteiger partial charge in [0.25, 0.3) is 5.22 Å². The smallest absolute Gasteiger partial charge is 0.318 e. The third kappa shape index (κ3) is 5.15. The van der Waals surface area contributed by atoms with Gasteiger partial charge < -0.3 is 10.2 Å². The van der Waals surface area contributed by atoms with E-state index in [2.05, 4.69) is 15.5 Å². The summed E-state index contributed by atoms with van der Waals surface area (Å²) >= 11 is 7.11. The zero-order chi connectivity index (χ0) is 23.5. The average molecular weight is 482 g/mol. The van der Waals surface area contributed by atoms with Gasteiger partial charge in [-0.05, 0) is 30.2 Å². The second-order valence-corrected chi connectivity index (χ2v) is 9.12. The summed E-state index contributed by atoms with van der Waals surface area (Å²) in [5, 5.41) is 11.5. The van der Waals surface area contributed by atoms with Crippen molar-refractivity contribution in [2.75, 3.05) is 0 Å². The summed E-state index contributed by atoms with van der Waals surface area (Å²) in [6, 6.07) is 16.0. The van der Waals surface area contributed by atoms with Crippen LogP contribution in [0.1, 0.15) is 13.8 Å². The highest BCUT2D eigenvalue weighted by Gasteiger charge is 2.27. The highest BCUT2D eigenvalue weighted by Crippen LogP contribution is 2.34. The standard InChI is InChI=1S/C23H20ClN5O3S/c1-12(2)19(20(30)27-22(25)31)33-23-29-28-21(32-23)16-11-18(13-7-9-14(24)10-8-13)26-17-6-4-3-5-15(16)17/h3-12,19H,1-2H3,(H3,25,27,30,31). The van der Waals surface area contributed by atoms with Crippen molar-refractivity contribution in [2.45, 2.75) is 24.3 Å². The minimum Gasteiger partial charge on any atom is -0.411 e. The fourth-order valence-electron chi connectivity index (χ4n) is 3.28. The molecule has 8 nitrogen and oxygen atoms in total. The molecule has 0 radical (unpaired) electrons. The van der Waals surface area contributed by atoms with E-state index in [1.807, 2.05) is 56.3 Å². The van der Waals surface area contributed by atoms with E-state index in [0.717, 1.165) is 33.9 Å². The zero-order valence-electron chi connectivity index (χ0n) is 17.8. The predicted molar refractivity (Wildman–Crippen MR) is 128 cm³/mol. The molecule has 0 spiro atoms. The number of pyridine rings is 1. The topological polar surface area (TPSA) is 124 Å². The van der Waals surface area contributed by atoms with Crippen molar-refractivity contribution in [3.63, 3.8) is 0 Å². The Bertz CT molecular complexity index is 1320. The molecule has 2 heterocycles. The van der Waals surface area contributed by atoms with Crippen molar-refractivity contribution >= 4 is 46.2 Å². The number of benzene rings is 2. The summed E-state index contributed by atoms with van der Waals surface area (Å²) in [4.78, 5) is 28.2. The number of hydrogen-bond donors (Lipinski definition) is 2. The van der Waals surface area contributed by atoms with Crippen LogP contribution in [0.2, 0.25) is 5.02 Å². The van der Waals surface area contributed by atoms with E-state index in [-0.39, 0.29) is 11.1 Å². The van der Waals surface area contributed by atoms with Gasteiger partial charge in [-0.15, -0.1) is 10.2 Å². The van der Waals surface area contributed by atoms with Crippen LogP contribution < -0.4 is 11.1 Å². The second-order valence-electron chi connectivity index (χ2n) is 7.59. The quantitative estimate of drug-likeness (QED) is 0.374. The van der Waals surface area contributed by atoms with Gasteiger partial charge in [0.2, 0.25) is 11.8 Å². The fourth-order valence-corrected chi connectivity index (χ4v) is 4.28. The number of nitrogens with zero attached hydrogens (tertiary/aromatic N) is 3. The molecular weight excluding hydrogens is 462 g/mol. The van der Waals surface area contributed by atoms with E-state index in [9.17, 15) is 9.59 Å². The van der Waals surface area contributed by atoms with Gasteiger partial charge in [-0.25, -0.2) is 9.78 Å². The van der Waals surface area contributed by atoms with Crippen LogP contribution in [0.15, 0.2) is 64.2 Å². The highest BCUT2D eigenvalue weighted by molar-refractivity contribution is 8.00. The molecule has 0 aliphatic carbocycles. The molecule has 168 valence electrons. The van der Waals surface area contributed by atoms with Crippen LogP contribution in [0.5, 0.6) is 0 Å². The number of aromatic nitrogens is 3. The molecule has 4 aromatic rings. The molecule has 0 aliphatic rings. The van der Waals surface area contributed by atoms with Gasteiger partial charge in [0.05, 0.1) is 22.0 Å². The molecular formula is C23H20ClN5O3S. The molecule has 3 N–H and O–H groups in total. The Labute approximate surface area is 198 Å². The maximum absolute atomic E-state index is 12.3. The lowest BCUT2D eigenvalue weighted by Gasteiger charge is -2.16. The van der Waals surface area contributed by atoms with Gasteiger partial charge >= 0.3 is 6.03 Å². The van der Waals surface area contributed by atoms with Crippen molar-refractivity contribution in [1.29, 1.82) is 0 Å². The number of nitrogens with one attached hydrogen (secondary N) is 1. The van der Waals surface area contributed by atoms with Crippen molar-refractivity contribution in [3.8, 4) is 22.7 Å². The molecule has 4 rings (SSSR count). The molecule has 0 bridgehead atoms. The summed E-state index contributed by atoms with van der Waals surface area (Å²) in [5.41, 5.74) is 8.19. The first-order valence-corrected chi connectivity index (χ1v) is 11.3. The normalized spacial score (nSPS) is 12.1. The summed E-state index contributed by atoms with van der Waals surface area (Å²) in [6.07, 6.45) is 0. The number of nitrogens with two attached hydrogens (primary N) is 1. The number of urea groups is 1. The van der Waals surface area contributed by atoms with Gasteiger partial charge in [0.1, 0.15) is 0 Å². The Morgan fingerprint density at radius 3 is 2.52 bits per heavy atom. The number of primary amides is 1. The molecule has 0 saturated heterocycles. The van der Waals surface area contributed by atoms with Crippen LogP contribution in [0.25, 0.3) is 33.6 Å². The van der Waals surface area contributed by atoms with Gasteiger partial charge in [0.15, 0.2) is 0 Å². The lowest BCUT2D eigenvalue weighted by atomic mass is 10.0. The molecule has 0 saturated carbocycles. The second kappa shape index (κ2) is 9.60. The van der Waals surface area contributed by atoms with Crippen LogP contribution >= 0.6 is 23.4 Å². The number of rotatable bonds is 6. The Morgan fingerprint density at radius 2 is 1.82 bits per heavy atom. The first kappa shape index (κ1) is 22.8. The number of carbonyl (C=O) groups is 2. The van der Waals surface area contributed by atoms with E-state index < -0.39 is 17.2 Å². The number of halogens is 1. The predicted octanol–water partition coefficient (Wildman–Crippen LogP) is 4.92. The molecule has 2 aromatic carbocycles. The molecule has 10 heteroatoms. The van der Waals surface area contributed by atoms with E-state index >= 15 is 0 Å². The molecule has 1 unspecified atom stereocenters. The van der Waals surface area contributed by atoms with Crippen molar-refractivity contribution in [3.05, 3.63) is 59.6 Å². The Hall–Kier alpha value is -3.43. The molecule has 33 heavy (non-hydrogen) atoms. The monoisotopic (exact) mass is 481 g/mol. The van der Waals surface area contributed by atoms with E-state index in [1.165, 1.54) is 0 Å². The van der Waals surface area contributed by atoms with Gasteiger partial charge in [-0.2, -0.15) is 0 Å². The van der Waals surface area contributed by atoms with Gasteiger partial charge in [-0.3, -0.25) is 10.1 Å². The molecule has 2 aromatic heterocycles. The largest absolute Gasteiger partial charge is 0.411 e. The first-order chi connectivity index (χ1) is 15.8. The summed E-state index contributed by atoms with van der Waals surface area (Å²) < 4.78 is 5.92. The van der Waals surface area contributed by atoms with Crippen molar-refractivity contribution < 1.29 is 14.0 Å². The Morgan fingerprint density at radius 1 is 1.09 bits per heavy atom. The Kier molecular flexibility index (Phi) is 6.62. The number of hydrogen-bond acceptors (Lipinski definition) is 7. The zero-order valence-corrected chi connectivity index (χ0v) is 19.4. The molecule has 1 atom stereocenters. The maximum atomic E-state index is 12.3. The fraction of sp³-hybridized carbons (Fsp3) is 0.174. The summed E-state index contributed by atoms with van der Waals surface area (Å²) in [7, 11) is 0.